The van der Waals surface area contributed by atoms with Gasteiger partial charge in [-0.3, -0.25) is 9.59 Å². The van der Waals surface area contributed by atoms with Crippen molar-refractivity contribution in [1.82, 2.24) is 4.31 Å². The third-order valence-corrected chi connectivity index (χ3v) is 8.76. The van der Waals surface area contributed by atoms with Crippen molar-refractivity contribution in [2.24, 2.45) is 0 Å². The lowest BCUT2D eigenvalue weighted by atomic mass is 9.92. The number of rotatable bonds is 7. The van der Waals surface area contributed by atoms with Gasteiger partial charge in [-0.15, -0.1) is 11.3 Å². The zero-order valence-electron chi connectivity index (χ0n) is 17.9. The van der Waals surface area contributed by atoms with Crippen LogP contribution in [0.4, 0.5) is 0 Å². The number of esters is 1. The average Bonchev–Trinajstić information content (AvgIpc) is 3.24. The Bertz CT molecular complexity index is 1280. The molecule has 4 rings (SSSR count). The lowest BCUT2D eigenvalue weighted by Gasteiger charge is -2.36. The van der Waals surface area contributed by atoms with Crippen LogP contribution in [-0.4, -0.2) is 37.6 Å². The van der Waals surface area contributed by atoms with E-state index in [-0.39, 0.29) is 23.6 Å². The zero-order chi connectivity index (χ0) is 23.6. The molecule has 3 aromatic rings. The molecule has 0 saturated heterocycles. The molecular formula is C24H22ClNO5S2. The molecule has 0 aliphatic carbocycles. The van der Waals surface area contributed by atoms with Gasteiger partial charge in [-0.2, -0.15) is 4.31 Å². The van der Waals surface area contributed by atoms with E-state index in [1.807, 2.05) is 31.2 Å². The molecule has 1 atom stereocenters. The van der Waals surface area contributed by atoms with Gasteiger partial charge >= 0.3 is 5.97 Å². The van der Waals surface area contributed by atoms with Gasteiger partial charge in [0.1, 0.15) is 0 Å². The first-order valence-electron chi connectivity index (χ1n) is 10.4. The minimum Gasteiger partial charge on any atom is -0.457 e. The maximum Gasteiger partial charge on any atom is 0.308 e. The molecule has 1 unspecified atom stereocenters. The monoisotopic (exact) mass is 503 g/mol. The van der Waals surface area contributed by atoms with E-state index in [1.54, 1.807) is 36.4 Å². The number of aryl methyl sites for hydroxylation is 1. The molecule has 1 aromatic heterocycles. The summed E-state index contributed by atoms with van der Waals surface area (Å²) in [6.45, 7) is 1.71. The first-order valence-corrected chi connectivity index (χ1v) is 13.0. The van der Waals surface area contributed by atoms with Crippen LogP contribution < -0.4 is 0 Å². The summed E-state index contributed by atoms with van der Waals surface area (Å²) in [4.78, 5) is 25.5. The predicted molar refractivity (Wildman–Crippen MR) is 127 cm³/mol. The van der Waals surface area contributed by atoms with Crippen LogP contribution >= 0.6 is 22.9 Å². The first-order chi connectivity index (χ1) is 15.8. The minimum absolute atomic E-state index is 0.176. The molecule has 0 spiro atoms. The smallest absolute Gasteiger partial charge is 0.308 e. The Labute approximate surface area is 201 Å². The standard InChI is InChI=1S/C24H22ClNO5S2/c1-16-6-8-18(9-7-16)33(29,30)26-13-12-17-4-2-3-5-19(17)20(26)14-24(28)31-15-21(27)22-10-11-23(25)32-22/h2-11,20H,12-15H2,1H3. The van der Waals surface area contributed by atoms with Crippen LogP contribution in [-0.2, 0) is 26.0 Å². The molecule has 0 fully saturated rings. The van der Waals surface area contributed by atoms with Crippen LogP contribution in [0.15, 0.2) is 65.6 Å². The number of ketones is 1. The van der Waals surface area contributed by atoms with Crippen molar-refractivity contribution in [2.45, 2.75) is 30.7 Å². The van der Waals surface area contributed by atoms with Gasteiger partial charge in [-0.05, 0) is 48.7 Å². The topological polar surface area (TPSA) is 80.8 Å². The molecule has 172 valence electrons. The van der Waals surface area contributed by atoms with Crippen molar-refractivity contribution < 1.29 is 22.7 Å². The lowest BCUT2D eigenvalue weighted by molar-refractivity contribution is -0.143. The number of halogens is 1. The van der Waals surface area contributed by atoms with Gasteiger partial charge in [0.15, 0.2) is 6.61 Å². The van der Waals surface area contributed by atoms with Gasteiger partial charge in [0, 0.05) is 6.54 Å². The quantitative estimate of drug-likeness (QED) is 0.341. The van der Waals surface area contributed by atoms with Crippen molar-refractivity contribution >= 4 is 44.7 Å². The molecule has 0 N–H and O–H groups in total. The van der Waals surface area contributed by atoms with E-state index >= 15 is 0 Å². The number of fused-ring (bicyclic) bond motifs is 1. The molecule has 0 bridgehead atoms. The maximum atomic E-state index is 13.5. The number of ether oxygens (including phenoxy) is 1. The van der Waals surface area contributed by atoms with Crippen LogP contribution in [0, 0.1) is 6.92 Å². The second-order valence-electron chi connectivity index (χ2n) is 7.79. The summed E-state index contributed by atoms with van der Waals surface area (Å²) in [5, 5.41) is 0. The van der Waals surface area contributed by atoms with E-state index in [9.17, 15) is 18.0 Å². The second kappa shape index (κ2) is 9.77. The van der Waals surface area contributed by atoms with Crippen LogP contribution in [0.5, 0.6) is 0 Å². The fraction of sp³-hybridized carbons (Fsp3) is 0.250. The molecule has 1 aliphatic rings. The van der Waals surface area contributed by atoms with Crippen molar-refractivity contribution in [1.29, 1.82) is 0 Å². The highest BCUT2D eigenvalue weighted by Crippen LogP contribution is 2.36. The normalized spacial score (nSPS) is 16.2. The highest BCUT2D eigenvalue weighted by Gasteiger charge is 2.37. The Balaban J connectivity index is 1.56. The first kappa shape index (κ1) is 23.6. The summed E-state index contributed by atoms with van der Waals surface area (Å²) in [5.74, 6) is -0.995. The van der Waals surface area contributed by atoms with Crippen LogP contribution in [0.2, 0.25) is 4.34 Å². The molecule has 9 heteroatoms. The van der Waals surface area contributed by atoms with E-state index in [2.05, 4.69) is 0 Å². The fourth-order valence-corrected chi connectivity index (χ4v) is 6.44. The van der Waals surface area contributed by atoms with E-state index in [1.165, 1.54) is 4.31 Å². The van der Waals surface area contributed by atoms with Gasteiger partial charge < -0.3 is 4.74 Å². The fourth-order valence-electron chi connectivity index (χ4n) is 3.87. The summed E-state index contributed by atoms with van der Waals surface area (Å²) in [6.07, 6.45) is 0.352. The van der Waals surface area contributed by atoms with E-state index in [4.69, 9.17) is 16.3 Å². The largest absolute Gasteiger partial charge is 0.457 e. The number of carbonyl (C=O) groups is 2. The van der Waals surface area contributed by atoms with E-state index in [0.29, 0.717) is 15.6 Å². The number of hydrogen-bond acceptors (Lipinski definition) is 6. The average molecular weight is 504 g/mol. The molecule has 33 heavy (non-hydrogen) atoms. The molecule has 0 radical (unpaired) electrons. The Morgan fingerprint density at radius 2 is 1.82 bits per heavy atom. The highest BCUT2D eigenvalue weighted by atomic mass is 35.5. The number of sulfonamides is 1. The molecule has 0 amide bonds. The number of Topliss-reactive ketones (excluding diaryl/α,β-unsaturated/α-hetero) is 1. The number of benzene rings is 2. The SMILES string of the molecule is Cc1ccc(S(=O)(=O)N2CCc3ccccc3C2CC(=O)OCC(=O)c2ccc(Cl)s2)cc1. The molecule has 6 nitrogen and oxygen atoms in total. The van der Waals surface area contributed by atoms with E-state index in [0.717, 1.165) is 28.0 Å². The van der Waals surface area contributed by atoms with Crippen LogP contribution in [0.3, 0.4) is 0 Å². The lowest BCUT2D eigenvalue weighted by Crippen LogP contribution is -2.41. The number of hydrogen-bond donors (Lipinski definition) is 0. The molecule has 2 heterocycles. The second-order valence-corrected chi connectivity index (χ2v) is 11.4. The third kappa shape index (κ3) is 5.19. The van der Waals surface area contributed by atoms with Gasteiger partial charge in [0.25, 0.3) is 0 Å². The van der Waals surface area contributed by atoms with Crippen molar-refractivity contribution in [3.63, 3.8) is 0 Å². The Kier molecular flexibility index (Phi) is 6.99. The Morgan fingerprint density at radius 1 is 1.09 bits per heavy atom. The van der Waals surface area contributed by atoms with Crippen molar-refractivity contribution in [2.75, 3.05) is 13.2 Å². The summed E-state index contributed by atoms with van der Waals surface area (Å²) in [7, 11) is -3.84. The maximum absolute atomic E-state index is 13.5. The number of carbonyl (C=O) groups excluding carboxylic acids is 2. The van der Waals surface area contributed by atoms with Gasteiger partial charge in [0.05, 0.1) is 26.6 Å². The summed E-state index contributed by atoms with van der Waals surface area (Å²) in [6, 6.07) is 16.6. The number of thiophene rings is 1. The molecular weight excluding hydrogens is 482 g/mol. The Hall–Kier alpha value is -2.52. The van der Waals surface area contributed by atoms with Crippen LogP contribution in [0.1, 0.15) is 38.8 Å². The van der Waals surface area contributed by atoms with Crippen molar-refractivity contribution in [3.8, 4) is 0 Å². The molecule has 2 aromatic carbocycles. The van der Waals surface area contributed by atoms with Gasteiger partial charge in [-0.25, -0.2) is 8.42 Å². The van der Waals surface area contributed by atoms with Crippen LogP contribution in [0.25, 0.3) is 0 Å². The predicted octanol–water partition coefficient (Wildman–Crippen LogP) is 4.81. The van der Waals surface area contributed by atoms with Gasteiger partial charge in [0.2, 0.25) is 15.8 Å². The van der Waals surface area contributed by atoms with E-state index < -0.39 is 28.6 Å². The minimum atomic E-state index is -3.84. The molecule has 0 saturated carbocycles. The third-order valence-electron chi connectivity index (χ3n) is 5.56. The Morgan fingerprint density at radius 3 is 2.52 bits per heavy atom. The summed E-state index contributed by atoms with van der Waals surface area (Å²) in [5.41, 5.74) is 2.72. The summed E-state index contributed by atoms with van der Waals surface area (Å²) < 4.78 is 34.0. The summed E-state index contributed by atoms with van der Waals surface area (Å²) >= 11 is 6.97. The number of nitrogens with zero attached hydrogens (tertiary/aromatic N) is 1. The molecule has 1 aliphatic heterocycles. The highest BCUT2D eigenvalue weighted by molar-refractivity contribution is 7.89. The zero-order valence-corrected chi connectivity index (χ0v) is 20.3. The van der Waals surface area contributed by atoms with Crippen molar-refractivity contribution in [3.05, 3.63) is 86.6 Å². The van der Waals surface area contributed by atoms with Gasteiger partial charge in [-0.1, -0.05) is 53.6 Å².